The van der Waals surface area contributed by atoms with E-state index in [9.17, 15) is 9.59 Å². The molecule has 0 atom stereocenters. The molecule has 0 fully saturated rings. The van der Waals surface area contributed by atoms with Gasteiger partial charge in [0.1, 0.15) is 0 Å². The molecule has 0 spiro atoms. The zero-order chi connectivity index (χ0) is 36.7. The Labute approximate surface area is 325 Å². The number of carbonyl (C=O) groups is 2. The summed E-state index contributed by atoms with van der Waals surface area (Å²) in [6.45, 7) is 1.29. The standard InChI is InChI=1S/C46H42N4O2S2/c51-45(37-16-20-43-35(25-37)9-4-22-53-43)49-39-18-14-31(15-19-39)29-47-40-11-2-7-33(27-40)34-8-3-12-41(28-34)48-30-32-6-1-13-42(24-32)50-46(52)38-17-21-44-36(26-38)10-5-23-54-44/h1-3,6-8,11-21,24-28,47-48H,4-5,9-10,22-23,29-30H2,(H,49,51)(H,50,52). The Morgan fingerprint density at radius 1 is 0.481 bits per heavy atom. The number of hydrogen-bond donors (Lipinski definition) is 4. The Hall–Kier alpha value is -5.44. The molecule has 0 aromatic heterocycles. The van der Waals surface area contributed by atoms with E-state index in [-0.39, 0.29) is 11.8 Å². The second kappa shape index (κ2) is 16.7. The Balaban J connectivity index is 0.842. The highest BCUT2D eigenvalue weighted by molar-refractivity contribution is 7.99. The molecule has 6 nitrogen and oxygen atoms in total. The van der Waals surface area contributed by atoms with Gasteiger partial charge in [0.25, 0.3) is 11.8 Å². The number of rotatable bonds is 11. The van der Waals surface area contributed by atoms with E-state index in [0.29, 0.717) is 24.2 Å². The maximum absolute atomic E-state index is 13.1. The van der Waals surface area contributed by atoms with Gasteiger partial charge in [0.15, 0.2) is 0 Å². The molecule has 6 aromatic rings. The quantitative estimate of drug-likeness (QED) is 0.106. The SMILES string of the molecule is O=C(Nc1ccc(CNc2cccc(-c3cccc(NCc4cccc(NC(=O)c5ccc6c(c5)CCCS6)c4)c3)c2)cc1)c1ccc2c(c1)CCCS2. The minimum Gasteiger partial charge on any atom is -0.381 e. The predicted molar refractivity (Wildman–Crippen MR) is 226 cm³/mol. The summed E-state index contributed by atoms with van der Waals surface area (Å²) < 4.78 is 0. The highest BCUT2D eigenvalue weighted by Crippen LogP contribution is 2.32. The number of carbonyl (C=O) groups excluding carboxylic acids is 2. The van der Waals surface area contributed by atoms with E-state index in [1.807, 2.05) is 90.3 Å². The van der Waals surface area contributed by atoms with Crippen LogP contribution in [0.1, 0.15) is 55.8 Å². The summed E-state index contributed by atoms with van der Waals surface area (Å²) >= 11 is 3.74. The molecule has 2 aliphatic rings. The third-order valence-electron chi connectivity index (χ3n) is 9.79. The van der Waals surface area contributed by atoms with E-state index in [4.69, 9.17) is 0 Å². The highest BCUT2D eigenvalue weighted by Gasteiger charge is 2.15. The Kier molecular flexibility index (Phi) is 11.0. The molecular formula is C46H42N4O2S2. The second-order valence-electron chi connectivity index (χ2n) is 13.7. The van der Waals surface area contributed by atoms with E-state index in [2.05, 4.69) is 88.0 Å². The normalized spacial score (nSPS) is 13.3. The molecule has 2 aliphatic heterocycles. The van der Waals surface area contributed by atoms with Crippen molar-refractivity contribution in [3.8, 4) is 11.1 Å². The van der Waals surface area contributed by atoms with Crippen molar-refractivity contribution in [2.75, 3.05) is 32.8 Å². The van der Waals surface area contributed by atoms with Gasteiger partial charge in [-0.15, -0.1) is 23.5 Å². The minimum atomic E-state index is -0.0814. The molecule has 6 aromatic carbocycles. The molecule has 0 saturated heterocycles. The van der Waals surface area contributed by atoms with Crippen molar-refractivity contribution >= 4 is 58.1 Å². The van der Waals surface area contributed by atoms with Gasteiger partial charge in [-0.2, -0.15) is 0 Å². The van der Waals surface area contributed by atoms with Crippen molar-refractivity contribution in [3.05, 3.63) is 167 Å². The smallest absolute Gasteiger partial charge is 0.255 e. The van der Waals surface area contributed by atoms with Gasteiger partial charge in [0, 0.05) is 56.8 Å². The van der Waals surface area contributed by atoms with E-state index >= 15 is 0 Å². The van der Waals surface area contributed by atoms with Crippen LogP contribution in [-0.4, -0.2) is 23.3 Å². The monoisotopic (exact) mass is 746 g/mol. The first-order chi connectivity index (χ1) is 26.5. The number of aryl methyl sites for hydroxylation is 2. The summed E-state index contributed by atoms with van der Waals surface area (Å²) in [4.78, 5) is 28.6. The van der Waals surface area contributed by atoms with Gasteiger partial charge in [-0.25, -0.2) is 0 Å². The number of amides is 2. The number of anilines is 4. The molecule has 0 unspecified atom stereocenters. The van der Waals surface area contributed by atoms with Crippen LogP contribution in [0.5, 0.6) is 0 Å². The van der Waals surface area contributed by atoms with Crippen molar-refractivity contribution in [2.45, 2.75) is 48.6 Å². The molecule has 4 N–H and O–H groups in total. The van der Waals surface area contributed by atoms with Gasteiger partial charge >= 0.3 is 0 Å². The van der Waals surface area contributed by atoms with Crippen molar-refractivity contribution < 1.29 is 9.59 Å². The molecule has 0 saturated carbocycles. The molecule has 54 heavy (non-hydrogen) atoms. The zero-order valence-electron chi connectivity index (χ0n) is 30.0. The van der Waals surface area contributed by atoms with Crippen LogP contribution in [-0.2, 0) is 25.9 Å². The Morgan fingerprint density at radius 3 is 1.59 bits per heavy atom. The van der Waals surface area contributed by atoms with Crippen molar-refractivity contribution in [2.24, 2.45) is 0 Å². The van der Waals surface area contributed by atoms with Crippen molar-refractivity contribution in [3.63, 3.8) is 0 Å². The number of hydrogen-bond acceptors (Lipinski definition) is 6. The molecule has 0 radical (unpaired) electrons. The van der Waals surface area contributed by atoms with Gasteiger partial charge in [-0.3, -0.25) is 9.59 Å². The van der Waals surface area contributed by atoms with E-state index in [1.54, 1.807) is 0 Å². The fourth-order valence-corrected chi connectivity index (χ4v) is 8.94. The number of nitrogens with one attached hydrogen (secondary N) is 4. The summed E-state index contributed by atoms with van der Waals surface area (Å²) in [7, 11) is 0. The number of benzene rings is 6. The van der Waals surface area contributed by atoms with Gasteiger partial charge in [0.05, 0.1) is 0 Å². The van der Waals surface area contributed by atoms with E-state index < -0.39 is 0 Å². The van der Waals surface area contributed by atoms with Crippen LogP contribution in [0.25, 0.3) is 11.1 Å². The van der Waals surface area contributed by atoms with Gasteiger partial charge in [-0.1, -0.05) is 48.5 Å². The van der Waals surface area contributed by atoms with Crippen molar-refractivity contribution in [1.82, 2.24) is 0 Å². The minimum absolute atomic E-state index is 0.0780. The molecule has 8 heteroatoms. The first-order valence-electron chi connectivity index (χ1n) is 18.5. The van der Waals surface area contributed by atoms with Crippen LogP contribution < -0.4 is 21.3 Å². The Bertz CT molecular complexity index is 2310. The molecule has 2 amide bonds. The summed E-state index contributed by atoms with van der Waals surface area (Å²) in [6.07, 6.45) is 4.38. The second-order valence-corrected chi connectivity index (χ2v) is 16.0. The largest absolute Gasteiger partial charge is 0.381 e. The summed E-state index contributed by atoms with van der Waals surface area (Å²) in [5.41, 5.74) is 12.0. The van der Waals surface area contributed by atoms with E-state index in [1.165, 1.54) is 20.9 Å². The van der Waals surface area contributed by atoms with Crippen LogP contribution in [0.3, 0.4) is 0 Å². The maximum Gasteiger partial charge on any atom is 0.255 e. The summed E-state index contributed by atoms with van der Waals surface area (Å²) in [5.74, 6) is 2.13. The van der Waals surface area contributed by atoms with Crippen LogP contribution in [0, 0.1) is 0 Å². The van der Waals surface area contributed by atoms with Crippen LogP contribution in [0.4, 0.5) is 22.7 Å². The Morgan fingerprint density at radius 2 is 1.00 bits per heavy atom. The molecule has 2 heterocycles. The molecule has 0 aliphatic carbocycles. The first kappa shape index (κ1) is 35.6. The molecule has 270 valence electrons. The van der Waals surface area contributed by atoms with Crippen molar-refractivity contribution in [1.29, 1.82) is 0 Å². The number of thioether (sulfide) groups is 2. The molecule has 0 bridgehead atoms. The lowest BCUT2D eigenvalue weighted by molar-refractivity contribution is 0.101. The topological polar surface area (TPSA) is 82.3 Å². The average molecular weight is 747 g/mol. The first-order valence-corrected chi connectivity index (χ1v) is 20.5. The predicted octanol–water partition coefficient (Wildman–Crippen LogP) is 11.2. The average Bonchev–Trinajstić information content (AvgIpc) is 3.22. The number of fused-ring (bicyclic) bond motifs is 2. The fourth-order valence-electron chi connectivity index (χ4n) is 6.90. The van der Waals surface area contributed by atoms with Crippen LogP contribution >= 0.6 is 23.5 Å². The lowest BCUT2D eigenvalue weighted by Gasteiger charge is -2.16. The lowest BCUT2D eigenvalue weighted by Crippen LogP contribution is -2.13. The highest BCUT2D eigenvalue weighted by atomic mass is 32.2. The van der Waals surface area contributed by atoms with Crippen LogP contribution in [0.15, 0.2) is 143 Å². The van der Waals surface area contributed by atoms with Crippen LogP contribution in [0.2, 0.25) is 0 Å². The zero-order valence-corrected chi connectivity index (χ0v) is 31.6. The molecular weight excluding hydrogens is 705 g/mol. The van der Waals surface area contributed by atoms with E-state index in [0.717, 1.165) is 82.2 Å². The van der Waals surface area contributed by atoms with Gasteiger partial charge < -0.3 is 21.3 Å². The fraction of sp³-hybridized carbons (Fsp3) is 0.174. The summed E-state index contributed by atoms with van der Waals surface area (Å²) in [5, 5.41) is 13.2. The van der Waals surface area contributed by atoms with Gasteiger partial charge in [-0.05, 0) is 155 Å². The molecule has 8 rings (SSSR count). The summed E-state index contributed by atoms with van der Waals surface area (Å²) in [6, 6.07) is 44.9. The third kappa shape index (κ3) is 8.84. The lowest BCUT2D eigenvalue weighted by atomic mass is 10.0. The van der Waals surface area contributed by atoms with Gasteiger partial charge in [0.2, 0.25) is 0 Å². The maximum atomic E-state index is 13.1. The third-order valence-corrected chi connectivity index (χ3v) is 12.2.